The van der Waals surface area contributed by atoms with Gasteiger partial charge in [-0.15, -0.1) is 0 Å². The summed E-state index contributed by atoms with van der Waals surface area (Å²) in [5, 5.41) is 14.8. The number of aromatic nitrogens is 4. The molecule has 0 unspecified atom stereocenters. The Morgan fingerprint density at radius 1 is 1.24 bits per heavy atom. The highest BCUT2D eigenvalue weighted by molar-refractivity contribution is 5.61. The van der Waals surface area contributed by atoms with Crippen LogP contribution in [0.2, 0.25) is 0 Å². The molecule has 0 atom stereocenters. The molecule has 0 aliphatic carbocycles. The number of nitrogens with zero attached hydrogens (tertiary/aromatic N) is 6. The van der Waals surface area contributed by atoms with Crippen molar-refractivity contribution in [1.82, 2.24) is 19.7 Å². The second kappa shape index (κ2) is 6.68. The van der Waals surface area contributed by atoms with Crippen molar-refractivity contribution in [2.24, 2.45) is 0 Å². The van der Waals surface area contributed by atoms with Gasteiger partial charge in [0.25, 0.3) is 5.95 Å². The monoisotopic (exact) mass is 338 g/mol. The van der Waals surface area contributed by atoms with Crippen LogP contribution in [-0.4, -0.2) is 31.2 Å². The smallest absolute Gasteiger partial charge is 0.307 e. The third-order valence-corrected chi connectivity index (χ3v) is 3.72. The van der Waals surface area contributed by atoms with E-state index in [1.807, 2.05) is 45.0 Å². The molecule has 0 saturated carbocycles. The van der Waals surface area contributed by atoms with Crippen molar-refractivity contribution >= 4 is 17.2 Å². The number of aryl methyl sites for hydroxylation is 2. The molecule has 3 rings (SSSR count). The molecule has 128 valence electrons. The summed E-state index contributed by atoms with van der Waals surface area (Å²) in [7, 11) is 0. The van der Waals surface area contributed by atoms with Crippen LogP contribution in [-0.2, 0) is 0 Å². The number of anilines is 2. The van der Waals surface area contributed by atoms with Crippen LogP contribution in [0, 0.1) is 24.0 Å². The van der Waals surface area contributed by atoms with Gasteiger partial charge in [-0.25, -0.2) is 4.98 Å². The average molecular weight is 338 g/mol. The van der Waals surface area contributed by atoms with E-state index >= 15 is 0 Å². The lowest BCUT2D eigenvalue weighted by atomic mass is 10.2. The lowest BCUT2D eigenvalue weighted by Crippen LogP contribution is -2.19. The summed E-state index contributed by atoms with van der Waals surface area (Å²) in [5.41, 5.74) is 2.84. The van der Waals surface area contributed by atoms with Crippen LogP contribution < -0.4 is 4.90 Å². The first-order valence-corrected chi connectivity index (χ1v) is 7.87. The maximum atomic E-state index is 10.9. The van der Waals surface area contributed by atoms with Gasteiger partial charge in [0.05, 0.1) is 4.92 Å². The van der Waals surface area contributed by atoms with E-state index in [-0.39, 0.29) is 5.69 Å². The van der Waals surface area contributed by atoms with E-state index in [4.69, 9.17) is 0 Å². The Bertz CT molecular complexity index is 921. The molecular weight excluding hydrogens is 320 g/mol. The van der Waals surface area contributed by atoms with Crippen molar-refractivity contribution < 1.29 is 4.92 Å². The van der Waals surface area contributed by atoms with Crippen molar-refractivity contribution in [1.29, 1.82) is 0 Å². The molecular formula is C17H18N6O2. The van der Waals surface area contributed by atoms with Gasteiger partial charge in [-0.3, -0.25) is 10.1 Å². The molecule has 0 bridgehead atoms. The highest BCUT2D eigenvalue weighted by atomic mass is 16.6. The van der Waals surface area contributed by atoms with Gasteiger partial charge < -0.3 is 4.90 Å². The van der Waals surface area contributed by atoms with E-state index in [0.29, 0.717) is 11.8 Å². The molecule has 0 N–H and O–H groups in total. The largest absolute Gasteiger partial charge is 0.326 e. The zero-order chi connectivity index (χ0) is 18.0. The van der Waals surface area contributed by atoms with Crippen molar-refractivity contribution in [2.45, 2.75) is 20.8 Å². The second-order valence-electron chi connectivity index (χ2n) is 5.65. The molecule has 0 aliphatic rings. The van der Waals surface area contributed by atoms with Gasteiger partial charge >= 0.3 is 5.69 Å². The Kier molecular flexibility index (Phi) is 4.42. The summed E-state index contributed by atoms with van der Waals surface area (Å²) < 4.78 is 1.32. The molecule has 2 aromatic heterocycles. The minimum absolute atomic E-state index is 0.0994. The van der Waals surface area contributed by atoms with Gasteiger partial charge in [-0.1, -0.05) is 12.1 Å². The minimum atomic E-state index is -0.495. The molecule has 0 saturated heterocycles. The van der Waals surface area contributed by atoms with Gasteiger partial charge in [-0.05, 0) is 38.5 Å². The third-order valence-electron chi connectivity index (χ3n) is 3.72. The zero-order valence-corrected chi connectivity index (χ0v) is 14.2. The molecule has 8 heteroatoms. The van der Waals surface area contributed by atoms with Gasteiger partial charge in [0.15, 0.2) is 0 Å². The molecule has 0 spiro atoms. The summed E-state index contributed by atoms with van der Waals surface area (Å²) in [5.74, 6) is 1.02. The normalized spacial score (nSPS) is 10.7. The second-order valence-corrected chi connectivity index (χ2v) is 5.65. The summed E-state index contributed by atoms with van der Waals surface area (Å²) >= 11 is 0. The van der Waals surface area contributed by atoms with Crippen molar-refractivity contribution in [3.8, 4) is 5.95 Å². The summed E-state index contributed by atoms with van der Waals surface area (Å²) in [6, 6.07) is 10.0. The van der Waals surface area contributed by atoms with Crippen molar-refractivity contribution in [2.75, 3.05) is 11.4 Å². The first-order chi connectivity index (χ1) is 12.0. The maximum absolute atomic E-state index is 10.9. The zero-order valence-electron chi connectivity index (χ0n) is 14.2. The summed E-state index contributed by atoms with van der Waals surface area (Å²) in [6.45, 7) is 6.66. The predicted molar refractivity (Wildman–Crippen MR) is 94.4 cm³/mol. The van der Waals surface area contributed by atoms with E-state index in [2.05, 4.69) is 26.0 Å². The number of hydrogen-bond donors (Lipinski definition) is 0. The predicted octanol–water partition coefficient (Wildman–Crippen LogP) is 3.35. The number of rotatable bonds is 5. The van der Waals surface area contributed by atoms with Gasteiger partial charge in [-0.2, -0.15) is 14.8 Å². The van der Waals surface area contributed by atoms with Gasteiger partial charge in [0, 0.05) is 24.0 Å². The minimum Gasteiger partial charge on any atom is -0.326 e. The lowest BCUT2D eigenvalue weighted by Gasteiger charge is -2.23. The standard InChI is InChI=1S/C17H18N6O2/c1-4-21(14-7-5-6-12(2)8-14)16-9-13(3)19-17(20-16)22-11-15(10-18-22)23(24)25/h5-11H,4H2,1-3H3. The van der Waals surface area contributed by atoms with Crippen LogP contribution in [0.5, 0.6) is 0 Å². The molecule has 0 fully saturated rings. The Hall–Kier alpha value is -3.29. The Morgan fingerprint density at radius 3 is 2.68 bits per heavy atom. The molecule has 8 nitrogen and oxygen atoms in total. The van der Waals surface area contributed by atoms with Crippen LogP contribution in [0.25, 0.3) is 5.95 Å². The SMILES string of the molecule is CCN(c1cccc(C)c1)c1cc(C)nc(-n2cc([N+](=O)[O-])cn2)n1. The van der Waals surface area contributed by atoms with E-state index < -0.39 is 4.92 Å². The van der Waals surface area contributed by atoms with Gasteiger partial charge in [0.1, 0.15) is 18.2 Å². The highest BCUT2D eigenvalue weighted by Gasteiger charge is 2.15. The lowest BCUT2D eigenvalue weighted by molar-refractivity contribution is -0.384. The summed E-state index contributed by atoms with van der Waals surface area (Å²) in [6.07, 6.45) is 2.49. The molecule has 2 heterocycles. The molecule has 3 aromatic rings. The van der Waals surface area contributed by atoms with Crippen LogP contribution in [0.4, 0.5) is 17.2 Å². The quantitative estimate of drug-likeness (QED) is 0.523. The first-order valence-electron chi connectivity index (χ1n) is 7.87. The number of nitro groups is 1. The van der Waals surface area contributed by atoms with Crippen LogP contribution in [0.15, 0.2) is 42.7 Å². The van der Waals surface area contributed by atoms with Crippen molar-refractivity contribution in [3.63, 3.8) is 0 Å². The Balaban J connectivity index is 2.04. The van der Waals surface area contributed by atoms with Crippen LogP contribution in [0.3, 0.4) is 0 Å². The fourth-order valence-electron chi connectivity index (χ4n) is 2.57. The Morgan fingerprint density at radius 2 is 2.04 bits per heavy atom. The molecule has 1 aromatic carbocycles. The molecule has 25 heavy (non-hydrogen) atoms. The van der Waals surface area contributed by atoms with Crippen LogP contribution >= 0.6 is 0 Å². The average Bonchev–Trinajstić information content (AvgIpc) is 3.05. The van der Waals surface area contributed by atoms with E-state index in [1.165, 1.54) is 17.1 Å². The fourth-order valence-corrected chi connectivity index (χ4v) is 2.57. The molecule has 0 amide bonds. The first kappa shape index (κ1) is 16.6. The maximum Gasteiger partial charge on any atom is 0.307 e. The third kappa shape index (κ3) is 3.47. The highest BCUT2D eigenvalue weighted by Crippen LogP contribution is 2.25. The van der Waals surface area contributed by atoms with Crippen LogP contribution in [0.1, 0.15) is 18.2 Å². The number of hydrogen-bond acceptors (Lipinski definition) is 6. The molecule has 0 aliphatic heterocycles. The van der Waals surface area contributed by atoms with E-state index in [1.54, 1.807) is 0 Å². The fraction of sp³-hybridized carbons (Fsp3) is 0.235. The summed E-state index contributed by atoms with van der Waals surface area (Å²) in [4.78, 5) is 21.3. The molecule has 0 radical (unpaired) electrons. The van der Waals surface area contributed by atoms with E-state index in [0.717, 1.165) is 23.5 Å². The van der Waals surface area contributed by atoms with E-state index in [9.17, 15) is 10.1 Å². The van der Waals surface area contributed by atoms with Gasteiger partial charge in [0.2, 0.25) is 0 Å². The Labute approximate surface area is 144 Å². The van der Waals surface area contributed by atoms with Crippen molar-refractivity contribution in [3.05, 3.63) is 64.1 Å². The number of benzene rings is 1. The topological polar surface area (TPSA) is 90.0 Å².